The van der Waals surface area contributed by atoms with Crippen LogP contribution in [0.5, 0.6) is 11.5 Å². The van der Waals surface area contributed by atoms with E-state index in [1.807, 2.05) is 55.5 Å². The summed E-state index contributed by atoms with van der Waals surface area (Å²) in [7, 11) is 1.58. The lowest BCUT2D eigenvalue weighted by molar-refractivity contribution is -0.122. The van der Waals surface area contributed by atoms with Crippen LogP contribution in [0.2, 0.25) is 10.0 Å². The minimum absolute atomic E-state index is 0.0631. The van der Waals surface area contributed by atoms with Gasteiger partial charge in [-0.25, -0.2) is 4.99 Å². The Kier molecular flexibility index (Phi) is 8.62. The Labute approximate surface area is 225 Å². The highest BCUT2D eigenvalue weighted by atomic mass is 35.5. The highest BCUT2D eigenvalue weighted by Crippen LogP contribution is 2.36. The van der Waals surface area contributed by atoms with Crippen molar-refractivity contribution in [2.45, 2.75) is 26.9 Å². The van der Waals surface area contributed by atoms with Crippen LogP contribution in [-0.2, 0) is 17.8 Å². The lowest BCUT2D eigenvalue weighted by Gasteiger charge is -2.13. The third-order valence-corrected chi connectivity index (χ3v) is 7.27. The summed E-state index contributed by atoms with van der Waals surface area (Å²) in [5.41, 5.74) is 3.68. The van der Waals surface area contributed by atoms with Crippen LogP contribution in [-0.4, -0.2) is 29.6 Å². The molecule has 3 aromatic carbocycles. The van der Waals surface area contributed by atoms with Crippen LogP contribution in [0.1, 0.15) is 30.5 Å². The van der Waals surface area contributed by atoms with Crippen LogP contribution in [0.15, 0.2) is 70.6 Å². The SMILES string of the molecule is CCc1ccccc1N=C1S/C(=C/c2ccc(OCc3ccc(Cl)cc3Cl)c(OC)c2)C(=O)N1CC. The Morgan fingerprint density at radius 1 is 1.00 bits per heavy atom. The van der Waals surface area contributed by atoms with E-state index in [2.05, 4.69) is 13.0 Å². The number of hydrogen-bond acceptors (Lipinski definition) is 5. The van der Waals surface area contributed by atoms with Gasteiger partial charge in [0.2, 0.25) is 0 Å². The van der Waals surface area contributed by atoms with Crippen molar-refractivity contribution in [3.8, 4) is 11.5 Å². The first-order valence-corrected chi connectivity index (χ1v) is 13.1. The number of rotatable bonds is 8. The van der Waals surface area contributed by atoms with E-state index >= 15 is 0 Å². The van der Waals surface area contributed by atoms with Crippen molar-refractivity contribution in [1.29, 1.82) is 0 Å². The van der Waals surface area contributed by atoms with E-state index in [0.29, 0.717) is 38.2 Å². The molecule has 1 aliphatic rings. The number of para-hydroxylation sites is 1. The fourth-order valence-corrected chi connectivity index (χ4v) is 5.25. The summed E-state index contributed by atoms with van der Waals surface area (Å²) in [6, 6.07) is 18.8. The van der Waals surface area contributed by atoms with E-state index in [0.717, 1.165) is 28.8 Å². The minimum atomic E-state index is -0.0631. The van der Waals surface area contributed by atoms with E-state index in [9.17, 15) is 4.79 Å². The van der Waals surface area contributed by atoms with Gasteiger partial charge in [-0.15, -0.1) is 0 Å². The van der Waals surface area contributed by atoms with Crippen molar-refractivity contribution in [1.82, 2.24) is 4.90 Å². The van der Waals surface area contributed by atoms with Gasteiger partial charge in [0, 0.05) is 22.2 Å². The van der Waals surface area contributed by atoms with Crippen molar-refractivity contribution in [2.24, 2.45) is 4.99 Å². The van der Waals surface area contributed by atoms with Gasteiger partial charge in [-0.1, -0.05) is 60.5 Å². The number of benzene rings is 3. The van der Waals surface area contributed by atoms with Gasteiger partial charge in [0.25, 0.3) is 5.91 Å². The van der Waals surface area contributed by atoms with Crippen LogP contribution in [0, 0.1) is 0 Å². The highest BCUT2D eigenvalue weighted by molar-refractivity contribution is 8.18. The van der Waals surface area contributed by atoms with E-state index in [1.165, 1.54) is 11.8 Å². The number of halogens is 2. The zero-order chi connectivity index (χ0) is 25.7. The molecular weight excluding hydrogens is 515 g/mol. The average Bonchev–Trinajstić information content (AvgIpc) is 3.17. The fourth-order valence-electron chi connectivity index (χ4n) is 3.73. The molecule has 0 atom stereocenters. The van der Waals surface area contributed by atoms with Crippen molar-refractivity contribution < 1.29 is 14.3 Å². The molecule has 1 fully saturated rings. The molecule has 36 heavy (non-hydrogen) atoms. The van der Waals surface area contributed by atoms with Gasteiger partial charge in [0.05, 0.1) is 17.7 Å². The Hall–Kier alpha value is -2.93. The molecule has 1 heterocycles. The molecular formula is C28H26Cl2N2O3S. The molecule has 0 aromatic heterocycles. The smallest absolute Gasteiger partial charge is 0.266 e. The summed E-state index contributed by atoms with van der Waals surface area (Å²) in [6.07, 6.45) is 2.73. The van der Waals surface area contributed by atoms with Crippen LogP contribution in [0.3, 0.4) is 0 Å². The number of amides is 1. The van der Waals surface area contributed by atoms with Gasteiger partial charge in [0.1, 0.15) is 6.61 Å². The highest BCUT2D eigenvalue weighted by Gasteiger charge is 2.32. The minimum Gasteiger partial charge on any atom is -0.493 e. The molecule has 0 spiro atoms. The number of carbonyl (C=O) groups excluding carboxylic acids is 1. The van der Waals surface area contributed by atoms with Crippen molar-refractivity contribution in [2.75, 3.05) is 13.7 Å². The number of carbonyl (C=O) groups is 1. The number of thioether (sulfide) groups is 1. The summed E-state index contributed by atoms with van der Waals surface area (Å²) in [6.45, 7) is 4.86. The second-order valence-corrected chi connectivity index (χ2v) is 9.82. The first-order chi connectivity index (χ1) is 17.4. The Morgan fingerprint density at radius 3 is 2.53 bits per heavy atom. The zero-order valence-electron chi connectivity index (χ0n) is 20.3. The molecule has 0 aliphatic carbocycles. The molecule has 1 saturated heterocycles. The fraction of sp³-hybridized carbons (Fsp3) is 0.214. The summed E-state index contributed by atoms with van der Waals surface area (Å²) < 4.78 is 11.5. The molecule has 3 aromatic rings. The number of amidine groups is 1. The van der Waals surface area contributed by atoms with Crippen LogP contribution < -0.4 is 9.47 Å². The van der Waals surface area contributed by atoms with Gasteiger partial charge in [-0.3, -0.25) is 9.69 Å². The molecule has 1 amide bonds. The van der Waals surface area contributed by atoms with Gasteiger partial charge in [0.15, 0.2) is 16.7 Å². The number of aliphatic imine (C=N–C) groups is 1. The normalized spacial score (nSPS) is 15.7. The van der Waals surface area contributed by atoms with Gasteiger partial charge in [-0.05, 0) is 72.6 Å². The lowest BCUT2D eigenvalue weighted by Crippen LogP contribution is -2.28. The maximum atomic E-state index is 13.1. The monoisotopic (exact) mass is 540 g/mol. The van der Waals surface area contributed by atoms with E-state index in [-0.39, 0.29) is 12.5 Å². The topological polar surface area (TPSA) is 51.1 Å². The third kappa shape index (κ3) is 5.89. The second-order valence-electron chi connectivity index (χ2n) is 7.97. The molecule has 0 N–H and O–H groups in total. The van der Waals surface area contributed by atoms with Crippen LogP contribution >= 0.6 is 35.0 Å². The first-order valence-electron chi connectivity index (χ1n) is 11.6. The largest absolute Gasteiger partial charge is 0.493 e. The van der Waals surface area contributed by atoms with Crippen LogP contribution in [0.25, 0.3) is 6.08 Å². The van der Waals surface area contributed by atoms with Gasteiger partial charge in [-0.2, -0.15) is 0 Å². The lowest BCUT2D eigenvalue weighted by atomic mass is 10.1. The molecule has 4 rings (SSSR count). The van der Waals surface area contributed by atoms with E-state index < -0.39 is 0 Å². The Bertz CT molecular complexity index is 1340. The molecule has 0 unspecified atom stereocenters. The zero-order valence-corrected chi connectivity index (χ0v) is 22.6. The predicted octanol–water partition coefficient (Wildman–Crippen LogP) is 7.77. The first kappa shape index (κ1) is 26.1. The Balaban J connectivity index is 1.56. The number of methoxy groups -OCH3 is 1. The standard InChI is InChI=1S/C28H26Cl2N2O3S/c1-4-19-8-6-7-9-23(19)31-28-32(5-2)27(33)26(36-28)15-18-10-13-24(25(14-18)34-3)35-17-20-11-12-21(29)16-22(20)30/h6-16H,4-5,17H2,1-3H3/b26-15+,31-28?. The summed E-state index contributed by atoms with van der Waals surface area (Å²) >= 11 is 13.6. The molecule has 186 valence electrons. The Morgan fingerprint density at radius 2 is 1.81 bits per heavy atom. The van der Waals surface area contributed by atoms with Crippen molar-refractivity contribution in [3.63, 3.8) is 0 Å². The number of hydrogen-bond donors (Lipinski definition) is 0. The molecule has 8 heteroatoms. The number of aryl methyl sites for hydroxylation is 1. The molecule has 1 aliphatic heterocycles. The second kappa shape index (κ2) is 11.9. The molecule has 0 radical (unpaired) electrons. The number of nitrogens with zero attached hydrogens (tertiary/aromatic N) is 2. The number of likely N-dealkylation sites (N-methyl/N-ethyl adjacent to an activating group) is 1. The summed E-state index contributed by atoms with van der Waals surface area (Å²) in [5.74, 6) is 1.07. The summed E-state index contributed by atoms with van der Waals surface area (Å²) in [5, 5.41) is 1.79. The maximum Gasteiger partial charge on any atom is 0.266 e. The number of ether oxygens (including phenoxy) is 2. The maximum absolute atomic E-state index is 13.1. The summed E-state index contributed by atoms with van der Waals surface area (Å²) in [4.78, 5) is 20.2. The quantitative estimate of drug-likeness (QED) is 0.274. The van der Waals surface area contributed by atoms with Crippen LogP contribution in [0.4, 0.5) is 5.69 Å². The average molecular weight is 542 g/mol. The van der Waals surface area contributed by atoms with Gasteiger partial charge < -0.3 is 9.47 Å². The van der Waals surface area contributed by atoms with Gasteiger partial charge >= 0.3 is 0 Å². The molecule has 0 bridgehead atoms. The predicted molar refractivity (Wildman–Crippen MR) is 150 cm³/mol. The van der Waals surface area contributed by atoms with E-state index in [4.69, 9.17) is 37.7 Å². The van der Waals surface area contributed by atoms with Crippen molar-refractivity contribution in [3.05, 3.63) is 92.3 Å². The molecule has 5 nitrogen and oxygen atoms in total. The third-order valence-electron chi connectivity index (χ3n) is 5.68. The molecule has 0 saturated carbocycles. The van der Waals surface area contributed by atoms with E-state index in [1.54, 1.807) is 24.1 Å². The van der Waals surface area contributed by atoms with Crippen molar-refractivity contribution >= 4 is 57.8 Å².